The predicted octanol–water partition coefficient (Wildman–Crippen LogP) is 11.4. The van der Waals surface area contributed by atoms with Gasteiger partial charge in [-0.1, -0.05) is 123 Å². The number of thiophene rings is 1. The van der Waals surface area contributed by atoms with Crippen LogP contribution in [0.2, 0.25) is 19.6 Å². The summed E-state index contributed by atoms with van der Waals surface area (Å²) in [5, 5.41) is 6.40. The molecular formula is C42H43IrN3SSi-2. The summed E-state index contributed by atoms with van der Waals surface area (Å²) in [6.07, 6.45) is 1.39. The van der Waals surface area contributed by atoms with Gasteiger partial charge in [-0.25, -0.2) is 0 Å². The molecule has 3 nitrogen and oxygen atoms in total. The van der Waals surface area contributed by atoms with Crippen LogP contribution in [0.4, 0.5) is 0 Å². The van der Waals surface area contributed by atoms with Gasteiger partial charge in [0.05, 0.1) is 24.9 Å². The van der Waals surface area contributed by atoms with Crippen molar-refractivity contribution in [3.63, 3.8) is 0 Å². The first kappa shape index (κ1) is 31.6. The molecular weight excluding hydrogens is 799 g/mol. The Morgan fingerprint density at radius 3 is 2.19 bits per heavy atom. The first-order valence-electron chi connectivity index (χ1n) is 17.7. The minimum atomic E-state index is -2.09. The van der Waals surface area contributed by atoms with Crippen molar-refractivity contribution in [2.45, 2.75) is 66.0 Å². The third kappa shape index (κ3) is 7.33. The van der Waals surface area contributed by atoms with Crippen LogP contribution in [0, 0.1) is 18.3 Å². The van der Waals surface area contributed by atoms with E-state index in [0.29, 0.717) is 11.8 Å². The number of nitrogens with zero attached hydrogens (tertiary/aromatic N) is 3. The molecule has 7 aromatic rings. The fourth-order valence-electron chi connectivity index (χ4n) is 5.90. The molecule has 6 heteroatoms. The fraction of sp³-hybridized carbons (Fsp3) is 0.238. The molecule has 0 fully saturated rings. The van der Waals surface area contributed by atoms with Gasteiger partial charge in [-0.2, -0.15) is 0 Å². The van der Waals surface area contributed by atoms with Crippen molar-refractivity contribution in [1.82, 2.24) is 14.5 Å². The van der Waals surface area contributed by atoms with E-state index < -0.39 is 14.9 Å². The SMILES string of the molecule is CC(C)c1cccc(C(C)C)c1-n1c(-c2[c-]sc3ccc([Si](C)(C)C)cc23)nc2ccccc21.[2H]C([2H])([2H])c1ccc(-c2[c-]cccc2)nc1.[Ir]. The first-order chi connectivity index (χ1) is 23.7. The Morgan fingerprint density at radius 1 is 0.833 bits per heavy atom. The molecule has 1 radical (unpaired) electrons. The molecule has 0 saturated carbocycles. The molecule has 3 aromatic heterocycles. The van der Waals surface area contributed by atoms with Gasteiger partial charge in [0.25, 0.3) is 0 Å². The molecule has 0 N–H and O–H groups in total. The summed E-state index contributed by atoms with van der Waals surface area (Å²) in [7, 11) is -1.44. The minimum absolute atomic E-state index is 0. The second kappa shape index (κ2) is 14.8. The van der Waals surface area contributed by atoms with Gasteiger partial charge in [-0.3, -0.25) is 16.3 Å². The van der Waals surface area contributed by atoms with Crippen LogP contribution in [0.5, 0.6) is 0 Å². The van der Waals surface area contributed by atoms with Gasteiger partial charge in [0.2, 0.25) is 0 Å². The number of hydrogen-bond donors (Lipinski definition) is 0. The second-order valence-corrected chi connectivity index (χ2v) is 19.5. The molecule has 3 heterocycles. The maximum atomic E-state index is 7.23. The number of hydrogen-bond acceptors (Lipinski definition) is 3. The van der Waals surface area contributed by atoms with Gasteiger partial charge in [-0.05, 0) is 53.2 Å². The second-order valence-electron chi connectivity index (χ2n) is 13.6. The molecule has 0 aliphatic heterocycles. The molecule has 0 bridgehead atoms. The number of imidazole rings is 1. The summed E-state index contributed by atoms with van der Waals surface area (Å²) in [5.41, 5.74) is 9.15. The van der Waals surface area contributed by atoms with Crippen LogP contribution in [0.25, 0.3) is 49.5 Å². The molecule has 7 rings (SSSR count). The Morgan fingerprint density at radius 2 is 1.56 bits per heavy atom. The van der Waals surface area contributed by atoms with E-state index in [-0.39, 0.29) is 25.7 Å². The Kier molecular flexibility index (Phi) is 9.76. The van der Waals surface area contributed by atoms with Crippen LogP contribution in [-0.2, 0) is 20.1 Å². The van der Waals surface area contributed by atoms with Crippen molar-refractivity contribution in [2.24, 2.45) is 0 Å². The van der Waals surface area contributed by atoms with Crippen LogP contribution in [0.1, 0.15) is 60.3 Å². The van der Waals surface area contributed by atoms with Gasteiger partial charge >= 0.3 is 0 Å². The van der Waals surface area contributed by atoms with Gasteiger partial charge in [0.15, 0.2) is 0 Å². The Labute approximate surface area is 308 Å². The van der Waals surface area contributed by atoms with Gasteiger partial charge in [-0.15, -0.1) is 47.3 Å². The quantitative estimate of drug-likeness (QED) is 0.123. The standard InChI is InChI=1S/C30H33N2SSi.C12H10N.Ir/c1-19(2)22-11-10-12-23(20(3)4)29(22)32-27-14-9-8-13-26(27)31-30(32)25-18-33-28-16-15-21(17-24(25)28)34(5,6)7;1-10-7-8-12(13-9-10)11-5-3-2-4-6-11;/h8-17,19-20H,1-7H3;2-5,7-9H,1H3;/q2*-1;/i;1D3;. The van der Waals surface area contributed by atoms with Crippen molar-refractivity contribution < 1.29 is 24.2 Å². The fourth-order valence-corrected chi connectivity index (χ4v) is 7.88. The molecule has 48 heavy (non-hydrogen) atoms. The van der Waals surface area contributed by atoms with E-state index in [1.54, 1.807) is 29.5 Å². The van der Waals surface area contributed by atoms with E-state index >= 15 is 0 Å². The van der Waals surface area contributed by atoms with E-state index in [9.17, 15) is 0 Å². The number of benzene rings is 4. The zero-order valence-corrected chi connectivity index (χ0v) is 32.8. The smallest absolute Gasteiger partial charge is 0.0774 e. The predicted molar refractivity (Wildman–Crippen MR) is 205 cm³/mol. The number of pyridine rings is 1. The zero-order valence-electron chi connectivity index (χ0n) is 31.6. The van der Waals surface area contributed by atoms with Crippen molar-refractivity contribution in [1.29, 1.82) is 0 Å². The Balaban J connectivity index is 0.000000249. The molecule has 0 spiro atoms. The zero-order chi connectivity index (χ0) is 35.8. The minimum Gasteiger partial charge on any atom is -0.333 e. The van der Waals surface area contributed by atoms with Crippen molar-refractivity contribution in [2.75, 3.05) is 0 Å². The van der Waals surface area contributed by atoms with Crippen LogP contribution in [-0.4, -0.2) is 22.6 Å². The molecule has 4 aromatic carbocycles. The van der Waals surface area contributed by atoms with Crippen molar-refractivity contribution >= 4 is 45.7 Å². The van der Waals surface area contributed by atoms with E-state index in [1.807, 2.05) is 18.2 Å². The molecule has 247 valence electrons. The third-order valence-electron chi connectivity index (χ3n) is 8.48. The van der Waals surface area contributed by atoms with Crippen LogP contribution in [0.3, 0.4) is 0 Å². The van der Waals surface area contributed by atoms with E-state index in [2.05, 4.69) is 129 Å². The maximum absolute atomic E-state index is 7.23. The summed E-state index contributed by atoms with van der Waals surface area (Å²) in [5.74, 6) is 1.81. The topological polar surface area (TPSA) is 30.7 Å². The monoisotopic (exact) mass is 845 g/mol. The normalized spacial score (nSPS) is 12.7. The van der Waals surface area contributed by atoms with E-state index in [0.717, 1.165) is 33.7 Å². The Bertz CT molecular complexity index is 2220. The van der Waals surface area contributed by atoms with Crippen LogP contribution < -0.4 is 5.19 Å². The van der Waals surface area contributed by atoms with Crippen LogP contribution >= 0.6 is 11.3 Å². The van der Waals surface area contributed by atoms with E-state index in [1.165, 1.54) is 38.3 Å². The van der Waals surface area contributed by atoms with Gasteiger partial charge in [0, 0.05) is 36.1 Å². The molecule has 0 amide bonds. The summed E-state index contributed by atoms with van der Waals surface area (Å²) in [4.78, 5) is 9.35. The number of aryl methyl sites for hydroxylation is 1. The summed E-state index contributed by atoms with van der Waals surface area (Å²) in [6.45, 7) is 14.3. The molecule has 0 aliphatic carbocycles. The maximum Gasteiger partial charge on any atom is 0.0774 e. The molecule has 0 unspecified atom stereocenters. The summed E-state index contributed by atoms with van der Waals surface area (Å²) < 4.78 is 25.4. The largest absolute Gasteiger partial charge is 0.333 e. The van der Waals surface area contributed by atoms with Crippen molar-refractivity contribution in [3.8, 4) is 28.3 Å². The number of para-hydroxylation sites is 3. The van der Waals surface area contributed by atoms with E-state index in [4.69, 9.17) is 9.10 Å². The molecule has 0 aliphatic rings. The average molecular weight is 845 g/mol. The van der Waals surface area contributed by atoms with Gasteiger partial charge in [0.1, 0.15) is 0 Å². The molecule has 0 saturated heterocycles. The number of rotatable bonds is 6. The molecule has 0 atom stereocenters. The number of fused-ring (bicyclic) bond motifs is 2. The Hall–Kier alpha value is -3.67. The average Bonchev–Trinajstić information content (AvgIpc) is 3.69. The summed E-state index contributed by atoms with van der Waals surface area (Å²) in [6, 6.07) is 36.1. The third-order valence-corrected chi connectivity index (χ3v) is 11.4. The van der Waals surface area contributed by atoms with Crippen molar-refractivity contribution in [3.05, 3.63) is 131 Å². The first-order valence-corrected chi connectivity index (χ1v) is 20.5. The summed E-state index contributed by atoms with van der Waals surface area (Å²) >= 11 is 1.70. The van der Waals surface area contributed by atoms with Crippen LogP contribution in [0.15, 0.2) is 103 Å². The number of aromatic nitrogens is 3. The van der Waals surface area contributed by atoms with Gasteiger partial charge < -0.3 is 9.55 Å².